The smallest absolute Gasteiger partial charge is 0.289 e. The summed E-state index contributed by atoms with van der Waals surface area (Å²) >= 11 is 0. The fraction of sp³-hybridized carbons (Fsp3) is 0.500. The van der Waals surface area contributed by atoms with Gasteiger partial charge in [0, 0.05) is 6.20 Å². The molecule has 3 N–H and O–H groups in total. The van der Waals surface area contributed by atoms with Crippen molar-refractivity contribution in [3.8, 4) is 0 Å². The monoisotopic (exact) mass is 181 g/mol. The van der Waals surface area contributed by atoms with Crippen LogP contribution in [0.1, 0.15) is 12.0 Å². The summed E-state index contributed by atoms with van der Waals surface area (Å²) in [5, 5.41) is 3.49. The van der Waals surface area contributed by atoms with Gasteiger partial charge in [-0.05, 0) is 13.0 Å². The van der Waals surface area contributed by atoms with Gasteiger partial charge < -0.3 is 6.15 Å². The summed E-state index contributed by atoms with van der Waals surface area (Å²) in [5.74, 6) is 0. The van der Waals surface area contributed by atoms with Gasteiger partial charge in [0.25, 0.3) is 12.7 Å². The predicted molar refractivity (Wildman–Crippen MR) is 38.1 cm³/mol. The Morgan fingerprint density at radius 1 is 1.42 bits per heavy atom. The van der Waals surface area contributed by atoms with Gasteiger partial charge in [0.1, 0.15) is 0 Å². The van der Waals surface area contributed by atoms with E-state index in [9.17, 15) is 13.2 Å². The molecule has 0 radical (unpaired) electrons. The van der Waals surface area contributed by atoms with Crippen LogP contribution in [0.2, 0.25) is 0 Å². The standard InChI is InChI=1S/C6H7F3N2.H3N/c1-4-2-3-11(10-4)6(9)5(7)8;/h2-3,5-6H,1H3;1H3. The molecule has 0 spiro atoms. The molecule has 0 fully saturated rings. The third-order valence-corrected chi connectivity index (χ3v) is 1.20. The molecular formula is C6H10F3N3. The van der Waals surface area contributed by atoms with E-state index in [1.54, 1.807) is 6.92 Å². The van der Waals surface area contributed by atoms with Crippen molar-refractivity contribution >= 4 is 0 Å². The summed E-state index contributed by atoms with van der Waals surface area (Å²) in [4.78, 5) is 0. The number of aryl methyl sites for hydroxylation is 1. The van der Waals surface area contributed by atoms with E-state index in [-0.39, 0.29) is 6.15 Å². The van der Waals surface area contributed by atoms with E-state index in [4.69, 9.17) is 0 Å². The SMILES string of the molecule is Cc1ccn(C(F)C(F)F)n1.N. The lowest BCUT2D eigenvalue weighted by atomic mass is 10.5. The van der Waals surface area contributed by atoms with Crippen LogP contribution in [-0.2, 0) is 0 Å². The van der Waals surface area contributed by atoms with Crippen molar-refractivity contribution < 1.29 is 13.2 Å². The third-order valence-electron chi connectivity index (χ3n) is 1.20. The second-order valence-electron chi connectivity index (χ2n) is 2.14. The molecule has 0 aromatic carbocycles. The Labute approximate surface area is 67.8 Å². The Bertz CT molecular complexity index is 236. The van der Waals surface area contributed by atoms with E-state index in [2.05, 4.69) is 5.10 Å². The second kappa shape index (κ2) is 4.10. The van der Waals surface area contributed by atoms with E-state index in [1.165, 1.54) is 12.3 Å². The van der Waals surface area contributed by atoms with Crippen LogP contribution in [-0.4, -0.2) is 16.2 Å². The zero-order chi connectivity index (χ0) is 8.43. The molecule has 0 aliphatic carbocycles. The van der Waals surface area contributed by atoms with Crippen LogP contribution < -0.4 is 6.15 Å². The van der Waals surface area contributed by atoms with E-state index in [0.717, 1.165) is 0 Å². The topological polar surface area (TPSA) is 52.8 Å². The van der Waals surface area contributed by atoms with Crippen molar-refractivity contribution in [2.24, 2.45) is 0 Å². The maximum atomic E-state index is 12.4. The Hall–Kier alpha value is -1.04. The molecule has 0 aliphatic heterocycles. The van der Waals surface area contributed by atoms with Crippen LogP contribution in [0.25, 0.3) is 0 Å². The first-order chi connectivity index (χ1) is 5.11. The quantitative estimate of drug-likeness (QED) is 0.759. The Balaban J connectivity index is 0.00000121. The molecule has 1 unspecified atom stereocenters. The molecule has 0 saturated carbocycles. The average molecular weight is 181 g/mol. The molecule has 3 nitrogen and oxygen atoms in total. The molecule has 1 aromatic rings. The molecule has 1 heterocycles. The molecule has 1 aromatic heterocycles. The third kappa shape index (κ3) is 2.23. The second-order valence-corrected chi connectivity index (χ2v) is 2.14. The molecular weight excluding hydrogens is 171 g/mol. The molecule has 6 heteroatoms. The van der Waals surface area contributed by atoms with Crippen molar-refractivity contribution in [1.82, 2.24) is 15.9 Å². The van der Waals surface area contributed by atoms with Gasteiger partial charge in [0.05, 0.1) is 5.69 Å². The highest BCUT2D eigenvalue weighted by Crippen LogP contribution is 2.16. The van der Waals surface area contributed by atoms with E-state index in [1.807, 2.05) is 0 Å². The van der Waals surface area contributed by atoms with Crippen LogP contribution in [0.5, 0.6) is 0 Å². The van der Waals surface area contributed by atoms with Gasteiger partial charge in [-0.3, -0.25) is 0 Å². The van der Waals surface area contributed by atoms with Crippen molar-refractivity contribution in [1.29, 1.82) is 0 Å². The lowest BCUT2D eigenvalue weighted by Gasteiger charge is -2.05. The van der Waals surface area contributed by atoms with Crippen molar-refractivity contribution in [2.75, 3.05) is 0 Å². The summed E-state index contributed by atoms with van der Waals surface area (Å²) in [6.07, 6.45) is -4.16. The molecule has 0 bridgehead atoms. The number of hydrogen-bond donors (Lipinski definition) is 1. The highest BCUT2D eigenvalue weighted by atomic mass is 19.3. The van der Waals surface area contributed by atoms with E-state index in [0.29, 0.717) is 10.4 Å². The first-order valence-electron chi connectivity index (χ1n) is 3.05. The van der Waals surface area contributed by atoms with Crippen molar-refractivity contribution in [2.45, 2.75) is 19.6 Å². The Morgan fingerprint density at radius 2 is 2.00 bits per heavy atom. The summed E-state index contributed by atoms with van der Waals surface area (Å²) in [6, 6.07) is 1.47. The van der Waals surface area contributed by atoms with Gasteiger partial charge in [0.15, 0.2) is 0 Å². The van der Waals surface area contributed by atoms with Gasteiger partial charge >= 0.3 is 0 Å². The van der Waals surface area contributed by atoms with Gasteiger partial charge in [0.2, 0.25) is 0 Å². The van der Waals surface area contributed by atoms with Crippen LogP contribution in [0.15, 0.2) is 12.3 Å². The number of nitrogens with zero attached hydrogens (tertiary/aromatic N) is 2. The van der Waals surface area contributed by atoms with Crippen LogP contribution in [0.3, 0.4) is 0 Å². The molecule has 0 saturated heterocycles. The van der Waals surface area contributed by atoms with Crippen molar-refractivity contribution in [3.63, 3.8) is 0 Å². The van der Waals surface area contributed by atoms with Gasteiger partial charge in [-0.25, -0.2) is 17.9 Å². The predicted octanol–water partition coefficient (Wildman–Crippen LogP) is 2.09. The lowest BCUT2D eigenvalue weighted by Crippen LogP contribution is -2.12. The maximum absolute atomic E-state index is 12.4. The maximum Gasteiger partial charge on any atom is 0.289 e. The molecule has 70 valence electrons. The van der Waals surface area contributed by atoms with E-state index < -0.39 is 12.7 Å². The number of alkyl halides is 3. The van der Waals surface area contributed by atoms with Crippen LogP contribution in [0.4, 0.5) is 13.2 Å². The first-order valence-corrected chi connectivity index (χ1v) is 3.05. The van der Waals surface area contributed by atoms with Gasteiger partial charge in [-0.2, -0.15) is 5.10 Å². The van der Waals surface area contributed by atoms with Crippen LogP contribution in [0, 0.1) is 6.92 Å². The lowest BCUT2D eigenvalue weighted by molar-refractivity contribution is 0.000626. The summed E-state index contributed by atoms with van der Waals surface area (Å²) in [5.41, 5.74) is 0.522. The highest BCUT2D eigenvalue weighted by Gasteiger charge is 2.21. The summed E-state index contributed by atoms with van der Waals surface area (Å²) in [6.45, 7) is 1.61. The molecule has 1 rings (SSSR count). The Morgan fingerprint density at radius 3 is 2.33 bits per heavy atom. The first kappa shape index (κ1) is 11.0. The number of halogens is 3. The average Bonchev–Trinajstić information content (AvgIpc) is 2.34. The van der Waals surface area contributed by atoms with Crippen LogP contribution >= 0.6 is 0 Å². The minimum Gasteiger partial charge on any atom is -0.344 e. The largest absolute Gasteiger partial charge is 0.344 e. The molecule has 12 heavy (non-hydrogen) atoms. The van der Waals surface area contributed by atoms with Crippen molar-refractivity contribution in [3.05, 3.63) is 18.0 Å². The highest BCUT2D eigenvalue weighted by molar-refractivity contribution is 4.95. The normalized spacial score (nSPS) is 12.8. The fourth-order valence-corrected chi connectivity index (χ4v) is 0.686. The zero-order valence-corrected chi connectivity index (χ0v) is 6.54. The zero-order valence-electron chi connectivity index (χ0n) is 6.54. The Kier molecular flexibility index (Phi) is 3.75. The van der Waals surface area contributed by atoms with Gasteiger partial charge in [-0.1, -0.05) is 0 Å². The number of rotatable bonds is 2. The minimum absolute atomic E-state index is 0. The van der Waals surface area contributed by atoms with E-state index >= 15 is 0 Å². The fourth-order valence-electron chi connectivity index (χ4n) is 0.686. The molecule has 0 amide bonds. The molecule has 0 aliphatic rings. The number of hydrogen-bond acceptors (Lipinski definition) is 2. The summed E-state index contributed by atoms with van der Waals surface area (Å²) < 4.78 is 36.4. The minimum atomic E-state index is -3.02. The van der Waals surface area contributed by atoms with Gasteiger partial charge in [-0.15, -0.1) is 0 Å². The number of aromatic nitrogens is 2. The molecule has 1 atom stereocenters. The summed E-state index contributed by atoms with van der Waals surface area (Å²) in [7, 11) is 0.